The first-order valence-electron chi connectivity index (χ1n) is 6.44. The molecule has 124 valence electrons. The maximum atomic E-state index is 12.0. The van der Waals surface area contributed by atoms with E-state index in [1.807, 2.05) is 12.1 Å². The second-order valence-corrected chi connectivity index (χ2v) is 6.23. The van der Waals surface area contributed by atoms with Gasteiger partial charge in [-0.3, -0.25) is 0 Å². The van der Waals surface area contributed by atoms with Gasteiger partial charge in [0.25, 0.3) is 0 Å². The predicted octanol–water partition coefficient (Wildman–Crippen LogP) is 2.72. The summed E-state index contributed by atoms with van der Waals surface area (Å²) in [5.74, 6) is 0.168. The monoisotopic (exact) mass is 393 g/mol. The van der Waals surface area contributed by atoms with Crippen LogP contribution in [0.5, 0.6) is 0 Å². The fraction of sp³-hybridized carbons (Fsp3) is 0.429. The topological polar surface area (TPSA) is 88.1 Å². The molecule has 0 fully saturated rings. The van der Waals surface area contributed by atoms with Crippen molar-refractivity contribution >= 4 is 40.3 Å². The number of amidine groups is 1. The van der Waals surface area contributed by atoms with Gasteiger partial charge in [0.1, 0.15) is 5.60 Å². The van der Waals surface area contributed by atoms with Crippen molar-refractivity contribution in [3.63, 3.8) is 0 Å². The Bertz CT molecular complexity index is 515. The zero-order valence-electron chi connectivity index (χ0n) is 12.7. The minimum atomic E-state index is -0.656. The first-order chi connectivity index (χ1) is 9.73. The van der Waals surface area contributed by atoms with Crippen molar-refractivity contribution in [2.45, 2.75) is 26.4 Å². The van der Waals surface area contributed by atoms with Gasteiger partial charge in [0.05, 0.1) is 13.2 Å². The van der Waals surface area contributed by atoms with Crippen LogP contribution >= 0.6 is 28.3 Å². The molecule has 1 amide bonds. The van der Waals surface area contributed by atoms with Crippen LogP contribution in [0.15, 0.2) is 33.8 Å². The number of aliphatic hydroxyl groups excluding tert-OH is 1. The van der Waals surface area contributed by atoms with E-state index in [9.17, 15) is 4.79 Å². The number of hydrazone groups is 1. The molecule has 0 saturated carbocycles. The molecule has 0 aliphatic rings. The molecule has 1 rings (SSSR count). The molecule has 0 bridgehead atoms. The van der Waals surface area contributed by atoms with Gasteiger partial charge in [0, 0.05) is 10.0 Å². The van der Waals surface area contributed by atoms with Crippen molar-refractivity contribution in [1.82, 2.24) is 5.01 Å². The first kappa shape index (κ1) is 20.7. The Morgan fingerprint density at radius 1 is 1.36 bits per heavy atom. The van der Waals surface area contributed by atoms with Crippen LogP contribution in [-0.4, -0.2) is 40.8 Å². The molecule has 0 heterocycles. The molecule has 0 unspecified atom stereocenters. The molecule has 0 aromatic heterocycles. The number of nitrogens with two attached hydrogens (primary N) is 1. The van der Waals surface area contributed by atoms with Crippen LogP contribution < -0.4 is 5.73 Å². The summed E-state index contributed by atoms with van der Waals surface area (Å²) in [4.78, 5) is 12.0. The summed E-state index contributed by atoms with van der Waals surface area (Å²) < 4.78 is 6.13. The number of carbonyl (C=O) groups is 1. The van der Waals surface area contributed by atoms with Gasteiger partial charge in [-0.2, -0.15) is 5.01 Å². The maximum Gasteiger partial charge on any atom is 0.431 e. The van der Waals surface area contributed by atoms with E-state index in [0.29, 0.717) is 5.56 Å². The van der Waals surface area contributed by atoms with Crippen LogP contribution in [0, 0.1) is 0 Å². The molecule has 0 saturated heterocycles. The van der Waals surface area contributed by atoms with Crippen LogP contribution in [0.1, 0.15) is 26.3 Å². The largest absolute Gasteiger partial charge is 0.442 e. The van der Waals surface area contributed by atoms with Crippen LogP contribution in [-0.2, 0) is 4.74 Å². The molecule has 22 heavy (non-hydrogen) atoms. The number of benzene rings is 1. The molecule has 0 atom stereocenters. The molecule has 1 aromatic carbocycles. The summed E-state index contributed by atoms with van der Waals surface area (Å²) in [6, 6.07) is 7.19. The molecule has 8 heteroatoms. The fourth-order valence-electron chi connectivity index (χ4n) is 1.40. The van der Waals surface area contributed by atoms with E-state index >= 15 is 0 Å². The van der Waals surface area contributed by atoms with Crippen molar-refractivity contribution in [2.24, 2.45) is 10.8 Å². The summed E-state index contributed by atoms with van der Waals surface area (Å²) in [5.41, 5.74) is 5.91. The van der Waals surface area contributed by atoms with E-state index in [1.54, 1.807) is 32.9 Å². The zero-order valence-corrected chi connectivity index (χ0v) is 15.1. The van der Waals surface area contributed by atoms with Crippen molar-refractivity contribution < 1.29 is 14.6 Å². The minimum Gasteiger partial charge on any atom is -0.442 e. The Morgan fingerprint density at radius 2 is 1.91 bits per heavy atom. The number of hydrogen-bond acceptors (Lipinski definition) is 4. The van der Waals surface area contributed by atoms with Crippen LogP contribution in [0.2, 0.25) is 0 Å². The predicted molar refractivity (Wildman–Crippen MR) is 92.1 cm³/mol. The third-order valence-corrected chi connectivity index (χ3v) is 2.81. The highest BCUT2D eigenvalue weighted by Crippen LogP contribution is 2.12. The number of halogens is 2. The Labute approximate surface area is 144 Å². The van der Waals surface area contributed by atoms with Gasteiger partial charge in [-0.1, -0.05) is 28.1 Å². The van der Waals surface area contributed by atoms with Crippen LogP contribution in [0.3, 0.4) is 0 Å². The molecular weight excluding hydrogens is 374 g/mol. The number of ether oxygens (including phenoxy) is 1. The molecule has 3 N–H and O–H groups in total. The lowest BCUT2D eigenvalue weighted by Crippen LogP contribution is -2.36. The molecule has 6 nitrogen and oxygen atoms in total. The summed E-state index contributed by atoms with van der Waals surface area (Å²) in [5, 5.41) is 14.1. The minimum absolute atomic E-state index is 0. The van der Waals surface area contributed by atoms with Crippen LogP contribution in [0.4, 0.5) is 4.79 Å². The summed E-state index contributed by atoms with van der Waals surface area (Å²) in [7, 11) is 0. The maximum absolute atomic E-state index is 12.0. The fourth-order valence-corrected chi connectivity index (χ4v) is 1.66. The number of aliphatic hydroxyl groups is 1. The van der Waals surface area contributed by atoms with Crippen molar-refractivity contribution in [3.05, 3.63) is 34.3 Å². The number of hydrogen-bond donors (Lipinski definition) is 2. The van der Waals surface area contributed by atoms with Crippen molar-refractivity contribution in [2.75, 3.05) is 13.2 Å². The molecule has 1 aromatic rings. The molecule has 0 radical (unpaired) electrons. The average Bonchev–Trinajstić information content (AvgIpc) is 2.36. The van der Waals surface area contributed by atoms with Gasteiger partial charge >= 0.3 is 6.09 Å². The zero-order chi connectivity index (χ0) is 16.0. The Morgan fingerprint density at radius 3 is 2.36 bits per heavy atom. The third-order valence-electron chi connectivity index (χ3n) is 2.28. The normalized spacial score (nSPS) is 11.6. The Balaban J connectivity index is 0.00000441. The molecule has 0 spiro atoms. The Hall–Kier alpha value is -1.31. The van der Waals surface area contributed by atoms with Gasteiger partial charge in [0.2, 0.25) is 0 Å². The van der Waals surface area contributed by atoms with Crippen molar-refractivity contribution in [3.8, 4) is 0 Å². The summed E-state index contributed by atoms with van der Waals surface area (Å²) in [6.07, 6.45) is -0.656. The lowest BCUT2D eigenvalue weighted by Gasteiger charge is -2.24. The van der Waals surface area contributed by atoms with E-state index < -0.39 is 11.7 Å². The SMILES string of the molecule is CC(C)(C)OC(=O)N(CCO)N=C(N)c1ccc(Br)cc1.Cl. The lowest BCUT2D eigenvalue weighted by atomic mass is 10.2. The highest BCUT2D eigenvalue weighted by molar-refractivity contribution is 9.10. The summed E-state index contributed by atoms with van der Waals surface area (Å²) in [6.45, 7) is 5.03. The van der Waals surface area contributed by atoms with Gasteiger partial charge in [0.15, 0.2) is 5.84 Å². The van der Waals surface area contributed by atoms with E-state index in [4.69, 9.17) is 15.6 Å². The smallest absolute Gasteiger partial charge is 0.431 e. The average molecular weight is 395 g/mol. The van der Waals surface area contributed by atoms with Gasteiger partial charge in [-0.25, -0.2) is 4.79 Å². The lowest BCUT2D eigenvalue weighted by molar-refractivity contribution is 0.0224. The van der Waals surface area contributed by atoms with E-state index in [-0.39, 0.29) is 31.4 Å². The standard InChI is InChI=1S/C14H20BrN3O3.ClH/c1-14(2,3)21-13(20)18(8-9-19)17-12(16)10-4-6-11(15)7-5-10;/h4-7,19H,8-9H2,1-3H3,(H2,16,17);1H. The quantitative estimate of drug-likeness (QED) is 0.467. The highest BCUT2D eigenvalue weighted by atomic mass is 79.9. The number of amides is 1. The first-order valence-corrected chi connectivity index (χ1v) is 7.23. The highest BCUT2D eigenvalue weighted by Gasteiger charge is 2.22. The molecule has 0 aliphatic carbocycles. The van der Waals surface area contributed by atoms with Gasteiger partial charge < -0.3 is 15.6 Å². The number of nitrogens with zero attached hydrogens (tertiary/aromatic N) is 2. The molecular formula is C14H21BrClN3O3. The van der Waals surface area contributed by atoms with E-state index in [1.165, 1.54) is 0 Å². The van der Waals surface area contributed by atoms with Gasteiger partial charge in [-0.05, 0) is 32.9 Å². The van der Waals surface area contributed by atoms with Crippen LogP contribution in [0.25, 0.3) is 0 Å². The third kappa shape index (κ3) is 7.11. The van der Waals surface area contributed by atoms with E-state index in [0.717, 1.165) is 9.48 Å². The number of rotatable bonds is 4. The number of carbonyl (C=O) groups excluding carboxylic acids is 1. The Kier molecular flexibility index (Phi) is 8.44. The van der Waals surface area contributed by atoms with Crippen molar-refractivity contribution in [1.29, 1.82) is 0 Å². The second-order valence-electron chi connectivity index (χ2n) is 5.32. The van der Waals surface area contributed by atoms with Gasteiger partial charge in [-0.15, -0.1) is 17.5 Å². The molecule has 0 aliphatic heterocycles. The second kappa shape index (κ2) is 8.97. The summed E-state index contributed by atoms with van der Waals surface area (Å²) >= 11 is 3.33. The van der Waals surface area contributed by atoms with E-state index in [2.05, 4.69) is 21.0 Å².